The minimum Gasteiger partial charge on any atom is -0.369 e. The van der Waals surface area contributed by atoms with Gasteiger partial charge in [-0.3, -0.25) is 9.69 Å². The number of carbonyl (C=O) groups excluding carboxylic acids is 1. The summed E-state index contributed by atoms with van der Waals surface area (Å²) in [7, 11) is 0. The highest BCUT2D eigenvalue weighted by Gasteiger charge is 2.11. The number of carbonyl (C=O) groups is 1. The monoisotopic (exact) mass is 309 g/mol. The molecule has 2 heterocycles. The Morgan fingerprint density at radius 1 is 1.29 bits per heavy atom. The molecule has 2 rings (SSSR count). The van der Waals surface area contributed by atoms with Crippen LogP contribution in [0.5, 0.6) is 0 Å². The van der Waals surface area contributed by atoms with Crippen molar-refractivity contribution in [2.45, 2.75) is 13.3 Å². The second-order valence-corrected chi connectivity index (χ2v) is 6.17. The summed E-state index contributed by atoms with van der Waals surface area (Å²) in [6.07, 6.45) is 1.03. The van der Waals surface area contributed by atoms with Crippen LogP contribution < -0.4 is 10.6 Å². The van der Waals surface area contributed by atoms with E-state index in [-0.39, 0.29) is 5.91 Å². The van der Waals surface area contributed by atoms with Gasteiger partial charge in [-0.15, -0.1) is 10.2 Å². The number of aromatic nitrogens is 2. The van der Waals surface area contributed by atoms with Crippen molar-refractivity contribution in [1.29, 1.82) is 0 Å². The highest BCUT2D eigenvalue weighted by Crippen LogP contribution is 2.08. The molecule has 1 aliphatic rings. The maximum atomic E-state index is 12.0. The fraction of sp³-hybridized carbons (Fsp3) is 0.643. The fourth-order valence-electron chi connectivity index (χ4n) is 2.04. The highest BCUT2D eigenvalue weighted by molar-refractivity contribution is 7.99. The van der Waals surface area contributed by atoms with Crippen molar-refractivity contribution in [3.63, 3.8) is 0 Å². The van der Waals surface area contributed by atoms with Crippen LogP contribution in [0.1, 0.15) is 23.8 Å². The Balaban J connectivity index is 1.72. The number of hydrogen-bond donors (Lipinski definition) is 2. The van der Waals surface area contributed by atoms with Crippen LogP contribution in [0.25, 0.3) is 0 Å². The van der Waals surface area contributed by atoms with Crippen molar-refractivity contribution in [2.75, 3.05) is 49.5 Å². The first-order valence-electron chi connectivity index (χ1n) is 7.45. The van der Waals surface area contributed by atoms with Gasteiger partial charge in [-0.05, 0) is 18.6 Å². The lowest BCUT2D eigenvalue weighted by molar-refractivity contribution is 0.0943. The summed E-state index contributed by atoms with van der Waals surface area (Å²) >= 11 is 1.99. The highest BCUT2D eigenvalue weighted by atomic mass is 32.2. The van der Waals surface area contributed by atoms with E-state index in [0.29, 0.717) is 18.1 Å². The van der Waals surface area contributed by atoms with Gasteiger partial charge in [-0.25, -0.2) is 0 Å². The summed E-state index contributed by atoms with van der Waals surface area (Å²) in [5, 5.41) is 14.0. The largest absolute Gasteiger partial charge is 0.369 e. The molecule has 0 spiro atoms. The van der Waals surface area contributed by atoms with Gasteiger partial charge < -0.3 is 10.6 Å². The maximum absolute atomic E-state index is 12.0. The Morgan fingerprint density at radius 3 is 2.76 bits per heavy atom. The van der Waals surface area contributed by atoms with Crippen LogP contribution in [0.15, 0.2) is 12.1 Å². The molecule has 21 heavy (non-hydrogen) atoms. The van der Waals surface area contributed by atoms with Crippen LogP contribution in [0.3, 0.4) is 0 Å². The molecule has 7 heteroatoms. The molecular weight excluding hydrogens is 286 g/mol. The van der Waals surface area contributed by atoms with Crippen molar-refractivity contribution < 1.29 is 4.79 Å². The van der Waals surface area contributed by atoms with Crippen molar-refractivity contribution in [1.82, 2.24) is 20.4 Å². The molecule has 1 saturated heterocycles. The van der Waals surface area contributed by atoms with E-state index in [1.807, 2.05) is 11.8 Å². The van der Waals surface area contributed by atoms with E-state index >= 15 is 0 Å². The number of rotatable bonds is 7. The molecule has 0 radical (unpaired) electrons. The maximum Gasteiger partial charge on any atom is 0.271 e. The van der Waals surface area contributed by atoms with Crippen molar-refractivity contribution >= 4 is 23.5 Å². The number of nitrogens with one attached hydrogen (secondary N) is 2. The van der Waals surface area contributed by atoms with Gasteiger partial charge in [0.2, 0.25) is 0 Å². The van der Waals surface area contributed by atoms with Gasteiger partial charge in [0.25, 0.3) is 5.91 Å². The van der Waals surface area contributed by atoms with Gasteiger partial charge in [0.15, 0.2) is 5.69 Å². The van der Waals surface area contributed by atoms with Crippen LogP contribution in [0.2, 0.25) is 0 Å². The third-order valence-electron chi connectivity index (χ3n) is 3.27. The van der Waals surface area contributed by atoms with Crippen LogP contribution >= 0.6 is 11.8 Å². The molecule has 1 aromatic heterocycles. The molecule has 2 N–H and O–H groups in total. The fourth-order valence-corrected chi connectivity index (χ4v) is 3.02. The van der Waals surface area contributed by atoms with Crippen LogP contribution in [0.4, 0.5) is 5.82 Å². The normalized spacial score (nSPS) is 15.7. The van der Waals surface area contributed by atoms with E-state index < -0.39 is 0 Å². The Hall–Kier alpha value is -1.34. The summed E-state index contributed by atoms with van der Waals surface area (Å²) in [4.78, 5) is 14.3. The molecular formula is C14H23N5OS. The number of amides is 1. The zero-order valence-corrected chi connectivity index (χ0v) is 13.3. The van der Waals surface area contributed by atoms with Crippen LogP contribution in [-0.2, 0) is 0 Å². The quantitative estimate of drug-likeness (QED) is 0.785. The molecule has 1 aliphatic heterocycles. The Labute approximate surface area is 130 Å². The third kappa shape index (κ3) is 5.51. The molecule has 0 unspecified atom stereocenters. The zero-order valence-electron chi connectivity index (χ0n) is 12.5. The summed E-state index contributed by atoms with van der Waals surface area (Å²) in [6, 6.07) is 3.50. The molecule has 1 aromatic rings. The first-order valence-corrected chi connectivity index (χ1v) is 8.61. The van der Waals surface area contributed by atoms with E-state index in [9.17, 15) is 4.79 Å². The average molecular weight is 309 g/mol. The first kappa shape index (κ1) is 16.0. The Morgan fingerprint density at radius 2 is 2.10 bits per heavy atom. The molecule has 116 valence electrons. The second kappa shape index (κ2) is 8.84. The number of anilines is 1. The summed E-state index contributed by atoms with van der Waals surface area (Å²) in [5.41, 5.74) is 0.367. The lowest BCUT2D eigenvalue weighted by atomic mass is 10.3. The van der Waals surface area contributed by atoms with Gasteiger partial charge in [0.1, 0.15) is 5.82 Å². The molecule has 1 fully saturated rings. The summed E-state index contributed by atoms with van der Waals surface area (Å²) in [5.74, 6) is 2.92. The molecule has 0 aliphatic carbocycles. The topological polar surface area (TPSA) is 70.2 Å². The van der Waals surface area contributed by atoms with E-state index in [1.165, 1.54) is 11.5 Å². The standard InChI is InChI=1S/C14H23N5OS/c1-2-5-15-13-4-3-12(17-18-13)14(20)16-6-7-19-8-10-21-11-9-19/h3-4H,2,5-11H2,1H3,(H,15,18)(H,16,20). The lowest BCUT2D eigenvalue weighted by Gasteiger charge is -2.25. The van der Waals surface area contributed by atoms with Crippen molar-refractivity contribution in [3.8, 4) is 0 Å². The van der Waals surface area contributed by atoms with Gasteiger partial charge >= 0.3 is 0 Å². The van der Waals surface area contributed by atoms with E-state index in [0.717, 1.165) is 32.6 Å². The first-order chi connectivity index (χ1) is 10.3. The van der Waals surface area contributed by atoms with Gasteiger partial charge in [0.05, 0.1) is 0 Å². The summed E-state index contributed by atoms with van der Waals surface area (Å²) < 4.78 is 0. The molecule has 6 nitrogen and oxygen atoms in total. The molecule has 0 aromatic carbocycles. The molecule has 1 amide bonds. The predicted molar refractivity (Wildman–Crippen MR) is 86.9 cm³/mol. The van der Waals surface area contributed by atoms with Crippen molar-refractivity contribution in [2.24, 2.45) is 0 Å². The predicted octanol–water partition coefficient (Wildman–Crippen LogP) is 1.08. The SMILES string of the molecule is CCCNc1ccc(C(=O)NCCN2CCSCC2)nn1. The lowest BCUT2D eigenvalue weighted by Crippen LogP contribution is -2.39. The van der Waals surface area contributed by atoms with E-state index in [4.69, 9.17) is 0 Å². The average Bonchev–Trinajstić information content (AvgIpc) is 2.54. The minimum absolute atomic E-state index is 0.157. The van der Waals surface area contributed by atoms with E-state index in [1.54, 1.807) is 12.1 Å². The number of thioether (sulfide) groups is 1. The van der Waals surface area contributed by atoms with Gasteiger partial charge in [-0.2, -0.15) is 11.8 Å². The zero-order chi connectivity index (χ0) is 14.9. The third-order valence-corrected chi connectivity index (χ3v) is 4.21. The van der Waals surface area contributed by atoms with Gasteiger partial charge in [-0.1, -0.05) is 6.92 Å². The number of hydrogen-bond acceptors (Lipinski definition) is 6. The molecule has 0 saturated carbocycles. The van der Waals surface area contributed by atoms with Crippen molar-refractivity contribution in [3.05, 3.63) is 17.8 Å². The summed E-state index contributed by atoms with van der Waals surface area (Å²) in [6.45, 7) is 6.71. The molecule has 0 atom stereocenters. The van der Waals surface area contributed by atoms with Gasteiger partial charge in [0, 0.05) is 44.2 Å². The minimum atomic E-state index is -0.157. The van der Waals surface area contributed by atoms with Crippen LogP contribution in [0, 0.1) is 0 Å². The Kier molecular flexibility index (Phi) is 6.75. The van der Waals surface area contributed by atoms with Crippen LogP contribution in [-0.4, -0.2) is 65.2 Å². The van der Waals surface area contributed by atoms with E-state index in [2.05, 4.69) is 32.7 Å². The second-order valence-electron chi connectivity index (χ2n) is 4.94. The smallest absolute Gasteiger partial charge is 0.271 e. The number of nitrogens with zero attached hydrogens (tertiary/aromatic N) is 3. The Bertz CT molecular complexity index is 433. The molecule has 0 bridgehead atoms.